The van der Waals surface area contributed by atoms with E-state index in [0.29, 0.717) is 22.9 Å². The number of para-hydroxylation sites is 1. The molecule has 1 fully saturated rings. The number of aromatic amines is 1. The van der Waals surface area contributed by atoms with E-state index in [1.54, 1.807) is 24.4 Å². The molecule has 4 aromatic rings. The predicted octanol–water partition coefficient (Wildman–Crippen LogP) is 6.04. The van der Waals surface area contributed by atoms with Crippen LogP contribution in [0.2, 0.25) is 5.02 Å². The first-order valence-corrected chi connectivity index (χ1v) is 14.6. The third kappa shape index (κ3) is 7.48. The van der Waals surface area contributed by atoms with E-state index in [-0.39, 0.29) is 17.7 Å². The van der Waals surface area contributed by atoms with Crippen molar-refractivity contribution in [3.8, 4) is 11.3 Å². The Hall–Kier alpha value is -3.81. The van der Waals surface area contributed by atoms with Crippen molar-refractivity contribution in [2.24, 2.45) is 5.92 Å². The zero-order valence-electron chi connectivity index (χ0n) is 23.6. The molecular weight excluding hydrogens is 534 g/mol. The lowest BCUT2D eigenvalue weighted by molar-refractivity contribution is -0.114. The molecule has 1 aliphatic carbocycles. The highest BCUT2D eigenvalue weighted by molar-refractivity contribution is 6.33. The van der Waals surface area contributed by atoms with E-state index in [0.717, 1.165) is 72.2 Å². The number of amides is 1. The van der Waals surface area contributed by atoms with Crippen LogP contribution >= 0.6 is 11.6 Å². The minimum absolute atomic E-state index is 0.0514. The molecule has 0 unspecified atom stereocenters. The Morgan fingerprint density at radius 1 is 1.12 bits per heavy atom. The number of hydrogen-bond acceptors (Lipinski definition) is 5. The molecule has 1 aliphatic rings. The first-order chi connectivity index (χ1) is 19.9. The van der Waals surface area contributed by atoms with Gasteiger partial charge in [-0.1, -0.05) is 54.4 Å². The molecule has 0 radical (unpaired) electrons. The van der Waals surface area contributed by atoms with Gasteiger partial charge in [0.2, 0.25) is 0 Å². The second-order valence-corrected chi connectivity index (χ2v) is 11.5. The number of carbonyl (C=O) groups is 2. The van der Waals surface area contributed by atoms with Gasteiger partial charge in [0.25, 0.3) is 5.91 Å². The average molecular weight is 570 g/mol. The maximum Gasteiger partial charge on any atom is 0.251 e. The number of benzene rings is 2. The number of fused-ring (bicyclic) bond motifs is 1. The molecule has 2 heterocycles. The van der Waals surface area contributed by atoms with Gasteiger partial charge >= 0.3 is 0 Å². The highest BCUT2D eigenvalue weighted by atomic mass is 35.5. The van der Waals surface area contributed by atoms with E-state index in [1.807, 2.05) is 61.6 Å². The van der Waals surface area contributed by atoms with Crippen molar-refractivity contribution in [2.45, 2.75) is 44.6 Å². The van der Waals surface area contributed by atoms with E-state index >= 15 is 0 Å². The Kier molecular flexibility index (Phi) is 9.27. The summed E-state index contributed by atoms with van der Waals surface area (Å²) in [6.07, 6.45) is 12.1. The van der Waals surface area contributed by atoms with Crippen molar-refractivity contribution < 1.29 is 9.59 Å². The number of carbonyl (C=O) groups excluding carboxylic acids is 2. The molecule has 2 aromatic heterocycles. The minimum Gasteiger partial charge on any atom is -0.360 e. The van der Waals surface area contributed by atoms with Crippen LogP contribution in [0.25, 0.3) is 22.2 Å². The number of rotatable bonds is 10. The number of aromatic nitrogens is 3. The van der Waals surface area contributed by atoms with Gasteiger partial charge in [0, 0.05) is 59.9 Å². The van der Waals surface area contributed by atoms with Crippen LogP contribution in [0.5, 0.6) is 0 Å². The Morgan fingerprint density at radius 3 is 2.73 bits per heavy atom. The fourth-order valence-corrected chi connectivity index (χ4v) is 5.71. The summed E-state index contributed by atoms with van der Waals surface area (Å²) >= 11 is 6.53. The molecule has 0 aliphatic heterocycles. The number of H-pyrrole nitrogens is 1. The molecule has 2 N–H and O–H groups in total. The van der Waals surface area contributed by atoms with Gasteiger partial charge in [-0.25, -0.2) is 9.97 Å². The number of allylic oxidation sites excluding steroid dienone is 1. The van der Waals surface area contributed by atoms with Gasteiger partial charge in [-0.3, -0.25) is 9.59 Å². The van der Waals surface area contributed by atoms with Gasteiger partial charge in [0.1, 0.15) is 5.82 Å². The van der Waals surface area contributed by atoms with E-state index < -0.39 is 0 Å². The molecule has 1 saturated carbocycles. The van der Waals surface area contributed by atoms with Crippen molar-refractivity contribution in [1.29, 1.82) is 0 Å². The summed E-state index contributed by atoms with van der Waals surface area (Å²) in [7, 11) is 3.92. The van der Waals surface area contributed by atoms with Crippen molar-refractivity contribution in [3.05, 3.63) is 95.1 Å². The Labute approximate surface area is 246 Å². The number of ketones is 1. The Morgan fingerprint density at radius 2 is 1.93 bits per heavy atom. The number of nitrogens with one attached hydrogen (secondary N) is 2. The van der Waals surface area contributed by atoms with Crippen LogP contribution in [-0.4, -0.2) is 58.2 Å². The lowest BCUT2D eigenvalue weighted by Gasteiger charge is -2.29. The van der Waals surface area contributed by atoms with Crippen LogP contribution in [0, 0.1) is 5.92 Å². The van der Waals surface area contributed by atoms with Crippen molar-refractivity contribution in [1.82, 2.24) is 25.2 Å². The van der Waals surface area contributed by atoms with Crippen LogP contribution < -0.4 is 5.32 Å². The second-order valence-electron chi connectivity index (χ2n) is 11.1. The zero-order chi connectivity index (χ0) is 28.8. The normalized spacial score (nSPS) is 17.4. The summed E-state index contributed by atoms with van der Waals surface area (Å²) < 4.78 is 0. The van der Waals surface area contributed by atoms with Crippen molar-refractivity contribution in [3.63, 3.8) is 0 Å². The van der Waals surface area contributed by atoms with Crippen LogP contribution in [0.1, 0.15) is 47.4 Å². The minimum atomic E-state index is -0.0798. The van der Waals surface area contributed by atoms with Gasteiger partial charge in [-0.15, -0.1) is 0 Å². The summed E-state index contributed by atoms with van der Waals surface area (Å²) in [4.78, 5) is 39.9. The quantitative estimate of drug-likeness (QED) is 0.227. The first kappa shape index (κ1) is 28.7. The lowest BCUT2D eigenvalue weighted by Crippen LogP contribution is -2.38. The zero-order valence-corrected chi connectivity index (χ0v) is 24.3. The molecule has 41 heavy (non-hydrogen) atoms. The Balaban J connectivity index is 1.17. The van der Waals surface area contributed by atoms with Gasteiger partial charge in [0.15, 0.2) is 5.78 Å². The molecule has 0 bridgehead atoms. The summed E-state index contributed by atoms with van der Waals surface area (Å²) in [5.41, 5.74) is 4.26. The second kappa shape index (κ2) is 13.2. The monoisotopic (exact) mass is 569 g/mol. The summed E-state index contributed by atoms with van der Waals surface area (Å²) in [6.45, 7) is 0.728. The van der Waals surface area contributed by atoms with E-state index in [4.69, 9.17) is 16.6 Å². The molecule has 0 spiro atoms. The average Bonchev–Trinajstić information content (AvgIpc) is 3.38. The number of halogens is 1. The van der Waals surface area contributed by atoms with Crippen LogP contribution in [0.3, 0.4) is 0 Å². The standard InChI is InChI=1S/C33H36ClN5O2/c1-39(2)16-6-9-26(40)18-22-12-14-24(15-13-22)33(41)37-25-8-5-7-23(17-25)19-31-36-21-29(34)32(38-31)28-20-35-30-11-4-3-10-27(28)30/h3-4,6,9-15,20-21,23,25,35H,5,7-8,16-19H2,1-2H3,(H,37,41)/b9-6+/t23-,25+/m1/s1. The number of hydrogen-bond donors (Lipinski definition) is 2. The smallest absolute Gasteiger partial charge is 0.251 e. The maximum atomic E-state index is 13.0. The highest BCUT2D eigenvalue weighted by Gasteiger charge is 2.25. The summed E-state index contributed by atoms with van der Waals surface area (Å²) in [5, 5.41) is 4.84. The van der Waals surface area contributed by atoms with E-state index in [9.17, 15) is 9.59 Å². The van der Waals surface area contributed by atoms with Gasteiger partial charge < -0.3 is 15.2 Å². The molecular formula is C33H36ClN5O2. The van der Waals surface area contributed by atoms with Gasteiger partial charge in [-0.2, -0.15) is 0 Å². The van der Waals surface area contributed by atoms with Crippen molar-refractivity contribution in [2.75, 3.05) is 20.6 Å². The summed E-state index contributed by atoms with van der Waals surface area (Å²) in [6, 6.07) is 15.5. The molecule has 8 heteroatoms. The molecule has 2 atom stereocenters. The molecule has 5 rings (SSSR count). The van der Waals surface area contributed by atoms with Crippen molar-refractivity contribution >= 4 is 34.2 Å². The fourth-order valence-electron chi connectivity index (χ4n) is 5.52. The summed E-state index contributed by atoms with van der Waals surface area (Å²) in [5.74, 6) is 1.12. The fraction of sp³-hybridized carbons (Fsp3) is 0.333. The SMILES string of the molecule is CN(C)C/C=C/C(=O)Cc1ccc(C(=O)N[C@H]2CCC[C@@H](Cc3ncc(Cl)c(-c4c[nH]c5ccccc45)n3)C2)cc1. The Bertz CT molecular complexity index is 1540. The largest absolute Gasteiger partial charge is 0.360 e. The molecule has 0 saturated heterocycles. The lowest BCUT2D eigenvalue weighted by atomic mass is 9.83. The topological polar surface area (TPSA) is 91.0 Å². The van der Waals surface area contributed by atoms with E-state index in [2.05, 4.69) is 21.4 Å². The molecule has 2 aromatic carbocycles. The molecule has 7 nitrogen and oxygen atoms in total. The predicted molar refractivity (Wildman–Crippen MR) is 164 cm³/mol. The number of nitrogens with zero attached hydrogens (tertiary/aromatic N) is 3. The third-order valence-electron chi connectivity index (χ3n) is 7.60. The number of likely N-dealkylation sites (N-methyl/N-ethyl adjacent to an activating group) is 1. The van der Waals surface area contributed by atoms with Crippen LogP contribution in [0.15, 0.2) is 73.1 Å². The van der Waals surface area contributed by atoms with Crippen LogP contribution in [0.4, 0.5) is 0 Å². The highest BCUT2D eigenvalue weighted by Crippen LogP contribution is 2.33. The van der Waals surface area contributed by atoms with Crippen LogP contribution in [-0.2, 0) is 17.6 Å². The third-order valence-corrected chi connectivity index (χ3v) is 7.87. The van der Waals surface area contributed by atoms with Gasteiger partial charge in [-0.05, 0) is 69.1 Å². The van der Waals surface area contributed by atoms with E-state index in [1.165, 1.54) is 0 Å². The molecule has 212 valence electrons. The van der Waals surface area contributed by atoms with Gasteiger partial charge in [0.05, 0.1) is 10.7 Å². The maximum absolute atomic E-state index is 13.0. The molecule has 1 amide bonds. The first-order valence-electron chi connectivity index (χ1n) is 14.2.